The number of nitrogens with two attached hydrogens (primary N) is 4. The molecular weight excluding hydrogens is 1870 g/mol. The molecule has 0 saturated carbocycles. The summed E-state index contributed by atoms with van der Waals surface area (Å²) < 4.78 is 32.9. The highest BCUT2D eigenvalue weighted by molar-refractivity contribution is 5.92. The number of ether oxygens (including phenoxy) is 4. The Bertz CT molecular complexity index is 8070. The van der Waals surface area contributed by atoms with Crippen molar-refractivity contribution in [3.05, 3.63) is 252 Å². The fourth-order valence-electron chi connectivity index (χ4n) is 24.2. The molecule has 4 aromatic carbocycles. The molecule has 12 N–H and O–H groups in total. The van der Waals surface area contributed by atoms with Gasteiger partial charge in [-0.15, -0.1) is 0 Å². The van der Waals surface area contributed by atoms with Gasteiger partial charge in [-0.1, -0.05) is 72.8 Å². The molecule has 4 fully saturated rings. The lowest BCUT2D eigenvalue weighted by molar-refractivity contribution is 0.0429. The summed E-state index contributed by atoms with van der Waals surface area (Å²) in [5.74, 6) is 10.8. The number of piperidine rings is 4. The lowest BCUT2D eigenvalue weighted by Gasteiger charge is -2.41. The second kappa shape index (κ2) is 36.3. The van der Waals surface area contributed by atoms with Gasteiger partial charge in [0.15, 0.2) is 73.7 Å². The molecule has 14 aromatic heterocycles. The van der Waals surface area contributed by atoms with Crippen molar-refractivity contribution >= 4 is 114 Å². The van der Waals surface area contributed by atoms with E-state index in [-0.39, 0.29) is 46.6 Å². The Morgan fingerprint density at radius 1 is 0.324 bits per heavy atom. The highest BCUT2D eigenvalue weighted by Gasteiger charge is 2.53. The first-order chi connectivity index (χ1) is 72.6. The summed E-state index contributed by atoms with van der Waals surface area (Å²) in [6.45, 7) is 11.9. The van der Waals surface area contributed by atoms with Gasteiger partial charge in [0, 0.05) is 183 Å². The van der Waals surface area contributed by atoms with Crippen molar-refractivity contribution < 1.29 is 23.4 Å². The second-order valence-electron chi connectivity index (χ2n) is 40.5. The van der Waals surface area contributed by atoms with Crippen LogP contribution in [0.4, 0.5) is 69.3 Å². The molecule has 748 valence electrons. The SMILES string of the molecule is Cc1nc2c(N3CCCc4ncccc43)n[nH]c2nc1N1CCC2(CC1)Oc1ccccc1[C@H]2N.Cn1cc(-c2ccc3c(n2)CCCN3c2n[nH]c3nc(N4CCC5(CC4)Oc4ccccc4[C@H]5N)cnc23)cn1.N[C@@H]1c2ccccc2OC12CCN(c1cnc3c(N4CCCc5nc(-c6ncco6)ccc54)n[nH]c3n1)CC2.N[C@@H]1c2ccccc2OC12CCN(c1cnc3c(N4CCCc5ncccc54)n[nH]c3n1)CC2. The van der Waals surface area contributed by atoms with E-state index in [2.05, 4.69) is 149 Å². The monoisotopic (exact) mass is 1980 g/mol. The van der Waals surface area contributed by atoms with Crippen molar-refractivity contribution in [1.29, 1.82) is 0 Å². The number of aromatic nitrogens is 23. The van der Waals surface area contributed by atoms with Gasteiger partial charge < -0.3 is 85.5 Å². The number of nitrogens with one attached hydrogen (secondary N) is 4. The van der Waals surface area contributed by atoms with Crippen molar-refractivity contribution in [3.63, 3.8) is 0 Å². The summed E-state index contributed by atoms with van der Waals surface area (Å²) in [7, 11) is 1.92. The van der Waals surface area contributed by atoms with Crippen LogP contribution in [-0.4, -0.2) is 216 Å². The van der Waals surface area contributed by atoms with Crippen molar-refractivity contribution in [2.75, 3.05) is 118 Å². The zero-order chi connectivity index (χ0) is 99.1. The Morgan fingerprint density at radius 2 is 0.676 bits per heavy atom. The molecule has 26 heterocycles. The highest BCUT2D eigenvalue weighted by atomic mass is 16.5. The maximum absolute atomic E-state index is 6.66. The molecule has 40 nitrogen and oxygen atoms in total. The minimum Gasteiger partial charge on any atom is -0.485 e. The number of aryl methyl sites for hydroxylation is 6. The van der Waals surface area contributed by atoms with E-state index in [1.807, 2.05) is 154 Å². The third-order valence-electron chi connectivity index (χ3n) is 32.1. The molecule has 4 atom stereocenters. The van der Waals surface area contributed by atoms with E-state index in [1.165, 1.54) is 0 Å². The molecule has 4 saturated heterocycles. The van der Waals surface area contributed by atoms with Gasteiger partial charge in [0.05, 0.1) is 112 Å². The summed E-state index contributed by atoms with van der Waals surface area (Å²) in [4.78, 5) is 80.1. The molecule has 0 radical (unpaired) electrons. The predicted octanol–water partition coefficient (Wildman–Crippen LogP) is 14.4. The Hall–Kier alpha value is -16.5. The van der Waals surface area contributed by atoms with Crippen molar-refractivity contribution in [1.82, 2.24) is 115 Å². The molecule has 0 bridgehead atoms. The normalized spacial score (nSPS) is 20.2. The molecule has 18 aromatic rings. The van der Waals surface area contributed by atoms with E-state index < -0.39 is 0 Å². The molecule has 4 spiro atoms. The summed E-state index contributed by atoms with van der Waals surface area (Å²) in [6.07, 6.45) is 30.7. The highest BCUT2D eigenvalue weighted by Crippen LogP contribution is 2.54. The minimum absolute atomic E-state index is 0.100. The van der Waals surface area contributed by atoms with E-state index >= 15 is 0 Å². The molecule has 0 aliphatic carbocycles. The maximum Gasteiger partial charge on any atom is 0.244 e. The van der Waals surface area contributed by atoms with Crippen LogP contribution in [-0.2, 0) is 32.7 Å². The Labute approximate surface area is 849 Å². The van der Waals surface area contributed by atoms with Crippen LogP contribution in [0.15, 0.2) is 206 Å². The van der Waals surface area contributed by atoms with E-state index in [4.69, 9.17) is 96.1 Å². The van der Waals surface area contributed by atoms with E-state index in [0.29, 0.717) is 28.5 Å². The van der Waals surface area contributed by atoms with Gasteiger partial charge in [0.2, 0.25) is 5.89 Å². The second-order valence-corrected chi connectivity index (χ2v) is 40.5. The first-order valence-electron chi connectivity index (χ1n) is 51.5. The van der Waals surface area contributed by atoms with Gasteiger partial charge in [-0.05, 0) is 131 Å². The summed E-state index contributed by atoms with van der Waals surface area (Å²) >= 11 is 0. The number of para-hydroxylation sites is 4. The number of anilines is 12. The van der Waals surface area contributed by atoms with Crippen molar-refractivity contribution in [3.8, 4) is 45.8 Å². The van der Waals surface area contributed by atoms with Crippen LogP contribution in [0.5, 0.6) is 23.0 Å². The van der Waals surface area contributed by atoms with Gasteiger partial charge in [-0.25, -0.2) is 49.8 Å². The fourth-order valence-corrected chi connectivity index (χ4v) is 24.2. The van der Waals surface area contributed by atoms with E-state index in [0.717, 1.165) is 363 Å². The molecule has 0 unspecified atom stereocenters. The third kappa shape index (κ3) is 15.6. The molecule has 40 heteroatoms. The van der Waals surface area contributed by atoms with Gasteiger partial charge >= 0.3 is 0 Å². The molecular formula is C108H111N35O5. The fraction of sp³-hybridized carbons (Fsp3) is 0.352. The van der Waals surface area contributed by atoms with Gasteiger partial charge in [0.1, 0.15) is 74.8 Å². The summed E-state index contributed by atoms with van der Waals surface area (Å²) in [5, 5.41) is 35.3. The average Bonchev–Trinajstić information content (AvgIpc) is 1.60. The zero-order valence-electron chi connectivity index (χ0n) is 82.1. The van der Waals surface area contributed by atoms with Crippen LogP contribution >= 0.6 is 0 Å². The number of rotatable bonds is 10. The zero-order valence-corrected chi connectivity index (χ0v) is 82.1. The standard InChI is InChI=1S/C29H30N10O.C28H27N9O2.C26H28N8O.C25H26N8O/c1-37-17-18(15-32-37)20-8-9-22-21(33-20)6-4-12-39(22)28-25-27(35-36-28)34-24(16-31-25)38-13-10-29(11-14-38)26(30)19-5-2-3-7-23(19)40-29;29-24-17-4-1-2-6-21(17)39-28(24)9-13-36(14-10-28)22-16-31-23-25(33-22)34-35-26(23)37-12-3-5-18-20(37)8-7-19(32-18)27-30-11-15-38-27;1-16-24(33-14-10-26(11-15-33)22(27)17-6-2-3-9-20(17)35-26)30-23-21(29-16)25(32-31-23)34-13-5-7-18-19(34)8-4-12-28-18;26-22-16-5-1-2-8-19(16)34-25(22)9-13-32(14-10-25)20-15-28-21-23(29-20)30-31-24(21)33-12-4-6-17-18(33)7-3-11-27-17/h2-3,5,7-9,15-17,26H,4,6,10-14,30H2,1H3,(H,34,35,36);1-2,4,6-8,11,15-16,24H,3,5,9-10,12-14,29H2,(H,33,34,35);2-4,6,8-9,12,22H,5,7,10-11,13-15,27H2,1H3,(H,30,31,32);1-3,5,7-8,11,15,22H,4,6,9-10,12-14,26H2,(H,29,30,31)/t26-;24-;2*22-/m1111/s1. The Kier molecular flexibility index (Phi) is 22.2. The summed E-state index contributed by atoms with van der Waals surface area (Å²) in [6, 6.07) is 48.4. The van der Waals surface area contributed by atoms with Crippen LogP contribution in [0, 0.1) is 6.92 Å². The lowest BCUT2D eigenvalue weighted by atomic mass is 9.83. The number of oxazole rings is 1. The smallest absolute Gasteiger partial charge is 0.244 e. The topological polar surface area (TPSA) is 480 Å². The lowest BCUT2D eigenvalue weighted by Crippen LogP contribution is -2.51. The largest absolute Gasteiger partial charge is 0.485 e. The molecule has 148 heavy (non-hydrogen) atoms. The molecule has 30 rings (SSSR count). The quantitative estimate of drug-likeness (QED) is 0.0630. The van der Waals surface area contributed by atoms with Crippen molar-refractivity contribution in [2.24, 2.45) is 30.0 Å². The van der Waals surface area contributed by atoms with E-state index in [9.17, 15) is 0 Å². The number of H-pyrrole nitrogens is 4. The first-order valence-corrected chi connectivity index (χ1v) is 51.5. The van der Waals surface area contributed by atoms with Gasteiger partial charge in [-0.2, -0.15) is 25.5 Å². The predicted molar refractivity (Wildman–Crippen MR) is 560 cm³/mol. The van der Waals surface area contributed by atoms with Crippen LogP contribution in [0.25, 0.3) is 67.5 Å². The van der Waals surface area contributed by atoms with Crippen molar-refractivity contribution in [2.45, 2.75) is 156 Å². The van der Waals surface area contributed by atoms with E-state index in [1.54, 1.807) is 17.1 Å². The minimum atomic E-state index is -0.360. The number of hydrogen-bond acceptors (Lipinski definition) is 35. The summed E-state index contributed by atoms with van der Waals surface area (Å²) in [5.41, 5.74) is 47.6. The van der Waals surface area contributed by atoms with Gasteiger partial charge in [0.25, 0.3) is 0 Å². The Balaban J connectivity index is 0.0000000976. The third-order valence-corrected chi connectivity index (χ3v) is 32.1. The number of hydrogen-bond donors (Lipinski definition) is 8. The number of pyridine rings is 4. The maximum atomic E-state index is 6.66. The van der Waals surface area contributed by atoms with Crippen LogP contribution in [0.1, 0.15) is 152 Å². The number of fused-ring (bicyclic) bond motifs is 12. The number of nitrogens with zero attached hydrogens (tertiary/aromatic N) is 27. The molecule has 0 amide bonds. The number of aromatic amines is 4. The number of benzene rings is 4. The molecule has 12 aliphatic heterocycles. The Morgan fingerprint density at radius 3 is 1.05 bits per heavy atom. The van der Waals surface area contributed by atoms with Crippen LogP contribution in [0.3, 0.4) is 0 Å². The van der Waals surface area contributed by atoms with Crippen LogP contribution < -0.4 is 81.1 Å². The van der Waals surface area contributed by atoms with Gasteiger partial charge in [-0.3, -0.25) is 40.0 Å². The van der Waals surface area contributed by atoms with Crippen LogP contribution in [0.2, 0.25) is 0 Å². The molecule has 12 aliphatic rings. The first kappa shape index (κ1) is 90.3. The average molecular weight is 1980 g/mol.